The highest BCUT2D eigenvalue weighted by Crippen LogP contribution is 2.29. The minimum atomic E-state index is -0.307. The molecule has 1 aliphatic carbocycles. The van der Waals surface area contributed by atoms with E-state index in [9.17, 15) is 9.18 Å². The Hall–Kier alpha value is -2.09. The van der Waals surface area contributed by atoms with E-state index in [2.05, 4.69) is 15.5 Å². The molecule has 0 bridgehead atoms. The van der Waals surface area contributed by atoms with E-state index in [1.807, 2.05) is 30.4 Å². The van der Waals surface area contributed by atoms with Gasteiger partial charge >= 0.3 is 0 Å². The summed E-state index contributed by atoms with van der Waals surface area (Å²) in [6, 6.07) is 5.52. The number of amides is 1. The second kappa shape index (κ2) is 9.41. The van der Waals surface area contributed by atoms with Gasteiger partial charge in [-0.25, -0.2) is 4.39 Å². The second-order valence-corrected chi connectivity index (χ2v) is 8.46. The highest BCUT2D eigenvalue weighted by molar-refractivity contribution is 7.99. The number of hydrogen-bond donors (Lipinski definition) is 1. The van der Waals surface area contributed by atoms with E-state index in [0.29, 0.717) is 22.6 Å². The maximum absolute atomic E-state index is 14.6. The van der Waals surface area contributed by atoms with Crippen molar-refractivity contribution in [3.05, 3.63) is 30.3 Å². The number of carbonyl (C=O) groups excluding carboxylic acids is 1. The predicted octanol–water partition coefficient (Wildman–Crippen LogP) is 4.50. The van der Waals surface area contributed by atoms with E-state index < -0.39 is 0 Å². The molecule has 152 valence electrons. The Balaban J connectivity index is 1.57. The van der Waals surface area contributed by atoms with E-state index >= 15 is 0 Å². The summed E-state index contributed by atoms with van der Waals surface area (Å²) in [6.45, 7) is 4.06. The third kappa shape index (κ3) is 5.04. The number of anilines is 2. The van der Waals surface area contributed by atoms with Gasteiger partial charge in [-0.2, -0.15) is 0 Å². The van der Waals surface area contributed by atoms with Crippen LogP contribution in [0.2, 0.25) is 0 Å². The Labute approximate surface area is 169 Å². The van der Waals surface area contributed by atoms with Crippen LogP contribution in [-0.2, 0) is 4.79 Å². The third-order valence-electron chi connectivity index (χ3n) is 5.16. The number of nitrogens with one attached hydrogen (secondary N) is 1. The Kier molecular flexibility index (Phi) is 6.93. The average Bonchev–Trinajstić information content (AvgIpc) is 3.16. The number of carbonyl (C=O) groups is 1. The molecule has 3 rings (SSSR count). The summed E-state index contributed by atoms with van der Waals surface area (Å²) in [5.41, 5.74) is 1.05. The average molecular weight is 406 g/mol. The maximum atomic E-state index is 14.6. The number of aromatic nitrogens is 3. The lowest BCUT2D eigenvalue weighted by Crippen LogP contribution is -2.33. The maximum Gasteiger partial charge on any atom is 0.234 e. The number of benzene rings is 1. The Morgan fingerprint density at radius 3 is 2.79 bits per heavy atom. The van der Waals surface area contributed by atoms with Gasteiger partial charge in [0.2, 0.25) is 5.91 Å². The molecule has 1 N–H and O–H groups in total. The smallest absolute Gasteiger partial charge is 0.234 e. The number of rotatable bonds is 7. The lowest BCUT2D eigenvalue weighted by atomic mass is 9.94. The fourth-order valence-corrected chi connectivity index (χ4v) is 4.40. The molecule has 0 unspecified atom stereocenters. The SMILES string of the molecule is CC(C)n1cnnc1SCC(=O)Nc1ccc(N(C)C2CCCCC2)c(F)c1. The highest BCUT2D eigenvalue weighted by Gasteiger charge is 2.21. The summed E-state index contributed by atoms with van der Waals surface area (Å²) < 4.78 is 16.5. The van der Waals surface area contributed by atoms with Crippen molar-refractivity contribution in [2.75, 3.05) is 23.0 Å². The standard InChI is InChI=1S/C20H28FN5OS/c1-14(2)26-13-22-24-20(26)28-12-19(27)23-15-9-10-18(17(21)11-15)25(3)16-7-5-4-6-8-16/h9-11,13-14,16H,4-8,12H2,1-3H3,(H,23,27). The van der Waals surface area contributed by atoms with Gasteiger partial charge < -0.3 is 14.8 Å². The van der Waals surface area contributed by atoms with Crippen LogP contribution in [0.4, 0.5) is 15.8 Å². The van der Waals surface area contributed by atoms with Crippen LogP contribution < -0.4 is 10.2 Å². The molecule has 1 aliphatic rings. The molecule has 0 atom stereocenters. The summed E-state index contributed by atoms with van der Waals surface area (Å²) in [7, 11) is 1.95. The zero-order valence-corrected chi connectivity index (χ0v) is 17.5. The van der Waals surface area contributed by atoms with Gasteiger partial charge in [0.05, 0.1) is 11.4 Å². The molecule has 1 heterocycles. The minimum absolute atomic E-state index is 0.191. The monoisotopic (exact) mass is 405 g/mol. The lowest BCUT2D eigenvalue weighted by Gasteiger charge is -2.33. The molecule has 1 fully saturated rings. The van der Waals surface area contributed by atoms with Crippen molar-refractivity contribution in [1.29, 1.82) is 0 Å². The van der Waals surface area contributed by atoms with Crippen molar-refractivity contribution < 1.29 is 9.18 Å². The molecule has 2 aromatic rings. The minimum Gasteiger partial charge on any atom is -0.369 e. The molecular formula is C20H28FN5OS. The van der Waals surface area contributed by atoms with Gasteiger partial charge in [-0.1, -0.05) is 31.0 Å². The van der Waals surface area contributed by atoms with Crippen LogP contribution in [0.5, 0.6) is 0 Å². The van der Waals surface area contributed by atoms with Crippen LogP contribution >= 0.6 is 11.8 Å². The van der Waals surface area contributed by atoms with Crippen LogP contribution in [0.25, 0.3) is 0 Å². The normalized spacial score (nSPS) is 15.0. The fraction of sp³-hybridized carbons (Fsp3) is 0.550. The van der Waals surface area contributed by atoms with Crippen LogP contribution in [0, 0.1) is 5.82 Å². The van der Waals surface area contributed by atoms with Crippen LogP contribution in [-0.4, -0.2) is 39.5 Å². The molecule has 0 radical (unpaired) electrons. The Morgan fingerprint density at radius 1 is 1.36 bits per heavy atom. The molecule has 1 aromatic carbocycles. The fourth-order valence-electron chi connectivity index (χ4n) is 3.55. The first-order chi connectivity index (χ1) is 13.5. The largest absolute Gasteiger partial charge is 0.369 e. The summed E-state index contributed by atoms with van der Waals surface area (Å²) in [5.74, 6) is -0.314. The first-order valence-electron chi connectivity index (χ1n) is 9.80. The first-order valence-corrected chi connectivity index (χ1v) is 10.8. The van der Waals surface area contributed by atoms with Gasteiger partial charge in [0.1, 0.15) is 12.1 Å². The first kappa shape index (κ1) is 20.6. The van der Waals surface area contributed by atoms with Crippen LogP contribution in [0.15, 0.2) is 29.7 Å². The quantitative estimate of drug-likeness (QED) is 0.687. The van der Waals surface area contributed by atoms with Crippen molar-refractivity contribution in [2.45, 2.75) is 63.2 Å². The summed E-state index contributed by atoms with van der Waals surface area (Å²) >= 11 is 1.32. The number of halogens is 1. The zero-order valence-electron chi connectivity index (χ0n) is 16.7. The molecule has 1 amide bonds. The molecule has 0 spiro atoms. The van der Waals surface area contributed by atoms with E-state index in [1.165, 1.54) is 37.1 Å². The van der Waals surface area contributed by atoms with Crippen molar-refractivity contribution in [3.8, 4) is 0 Å². The number of thioether (sulfide) groups is 1. The van der Waals surface area contributed by atoms with E-state index in [4.69, 9.17) is 0 Å². The number of nitrogens with zero attached hydrogens (tertiary/aromatic N) is 4. The molecule has 0 aliphatic heterocycles. The molecule has 1 aromatic heterocycles. The molecular weight excluding hydrogens is 377 g/mol. The van der Waals surface area contributed by atoms with Gasteiger partial charge in [0, 0.05) is 24.8 Å². The molecule has 1 saturated carbocycles. The van der Waals surface area contributed by atoms with Crippen molar-refractivity contribution in [1.82, 2.24) is 14.8 Å². The van der Waals surface area contributed by atoms with E-state index in [1.54, 1.807) is 18.5 Å². The van der Waals surface area contributed by atoms with Gasteiger partial charge in [-0.15, -0.1) is 10.2 Å². The van der Waals surface area contributed by atoms with Crippen molar-refractivity contribution in [2.24, 2.45) is 0 Å². The summed E-state index contributed by atoms with van der Waals surface area (Å²) in [6.07, 6.45) is 7.53. The zero-order chi connectivity index (χ0) is 20.1. The topological polar surface area (TPSA) is 63.1 Å². The van der Waals surface area contributed by atoms with E-state index in [0.717, 1.165) is 12.8 Å². The van der Waals surface area contributed by atoms with Crippen molar-refractivity contribution in [3.63, 3.8) is 0 Å². The highest BCUT2D eigenvalue weighted by atomic mass is 32.2. The second-order valence-electron chi connectivity index (χ2n) is 7.52. The van der Waals surface area contributed by atoms with E-state index in [-0.39, 0.29) is 23.5 Å². The molecule has 6 nitrogen and oxygen atoms in total. The van der Waals surface area contributed by atoms with Gasteiger partial charge in [0.25, 0.3) is 0 Å². The van der Waals surface area contributed by atoms with Crippen LogP contribution in [0.1, 0.15) is 52.0 Å². The van der Waals surface area contributed by atoms with Gasteiger partial charge in [0.15, 0.2) is 5.16 Å². The van der Waals surface area contributed by atoms with Gasteiger partial charge in [-0.05, 0) is 44.9 Å². The lowest BCUT2D eigenvalue weighted by molar-refractivity contribution is -0.113. The van der Waals surface area contributed by atoms with Crippen LogP contribution in [0.3, 0.4) is 0 Å². The third-order valence-corrected chi connectivity index (χ3v) is 6.12. The molecule has 28 heavy (non-hydrogen) atoms. The van der Waals surface area contributed by atoms with Gasteiger partial charge in [-0.3, -0.25) is 4.79 Å². The molecule has 0 saturated heterocycles. The summed E-state index contributed by atoms with van der Waals surface area (Å²) in [5, 5.41) is 11.4. The Morgan fingerprint density at radius 2 is 2.11 bits per heavy atom. The molecule has 8 heteroatoms. The van der Waals surface area contributed by atoms with Crippen molar-refractivity contribution >= 4 is 29.0 Å². The number of hydrogen-bond acceptors (Lipinski definition) is 5. The Bertz CT molecular complexity index is 804. The summed E-state index contributed by atoms with van der Waals surface area (Å²) in [4.78, 5) is 14.3. The predicted molar refractivity (Wildman–Crippen MR) is 111 cm³/mol.